The molecule has 0 amide bonds. The topological polar surface area (TPSA) is 38.2 Å². The first-order valence-corrected chi connectivity index (χ1v) is 12.3. The Labute approximate surface area is 194 Å². The van der Waals surface area contributed by atoms with Crippen LogP contribution in [-0.2, 0) is 0 Å². The lowest BCUT2D eigenvalue weighted by Gasteiger charge is -2.27. The monoisotopic (exact) mass is 481 g/mol. The van der Waals surface area contributed by atoms with Gasteiger partial charge in [0.1, 0.15) is 17.4 Å². The standard InChI is InChI=1S/C26H32BrN3O/c1-4-14-30(15-13-18(5-2)20-7-6-8-22(16-20)31-3)26-23-17-21(27)11-12-24(23)28-25(29-26)19-9-10-19/h6-8,11-12,16-19H,4-5,9-10,13-15H2,1-3H3. The van der Waals surface area contributed by atoms with Crippen molar-refractivity contribution in [2.45, 2.75) is 57.8 Å². The average Bonchev–Trinajstić information content (AvgIpc) is 3.64. The highest BCUT2D eigenvalue weighted by Crippen LogP contribution is 2.40. The number of aromatic nitrogens is 2. The van der Waals surface area contributed by atoms with Crippen LogP contribution in [0.5, 0.6) is 5.75 Å². The van der Waals surface area contributed by atoms with Crippen LogP contribution in [0.4, 0.5) is 5.82 Å². The number of fused-ring (bicyclic) bond motifs is 1. The molecular formula is C26H32BrN3O. The molecule has 1 aliphatic rings. The number of rotatable bonds is 10. The van der Waals surface area contributed by atoms with E-state index in [0.717, 1.165) is 65.1 Å². The maximum absolute atomic E-state index is 5.45. The van der Waals surface area contributed by atoms with Crippen molar-refractivity contribution in [3.8, 4) is 5.75 Å². The molecule has 1 aliphatic carbocycles. The minimum absolute atomic E-state index is 0.497. The molecule has 0 saturated heterocycles. The largest absolute Gasteiger partial charge is 0.497 e. The summed E-state index contributed by atoms with van der Waals surface area (Å²) in [6.07, 6.45) is 5.71. The molecular weight excluding hydrogens is 450 g/mol. The Hall–Kier alpha value is -2.14. The number of methoxy groups -OCH3 is 1. The van der Waals surface area contributed by atoms with Crippen molar-refractivity contribution >= 4 is 32.7 Å². The van der Waals surface area contributed by atoms with Gasteiger partial charge in [0, 0.05) is 28.9 Å². The van der Waals surface area contributed by atoms with E-state index in [9.17, 15) is 0 Å². The van der Waals surface area contributed by atoms with Gasteiger partial charge in [0.25, 0.3) is 0 Å². The molecule has 1 saturated carbocycles. The van der Waals surface area contributed by atoms with E-state index in [1.807, 2.05) is 6.07 Å². The lowest BCUT2D eigenvalue weighted by atomic mass is 9.93. The van der Waals surface area contributed by atoms with Crippen LogP contribution in [0.1, 0.15) is 69.2 Å². The van der Waals surface area contributed by atoms with Gasteiger partial charge in [-0.3, -0.25) is 0 Å². The first-order chi connectivity index (χ1) is 15.1. The molecule has 1 unspecified atom stereocenters. The Bertz CT molecular complexity index is 1030. The van der Waals surface area contributed by atoms with Gasteiger partial charge in [0.05, 0.1) is 12.6 Å². The highest BCUT2D eigenvalue weighted by Gasteiger charge is 2.28. The lowest BCUT2D eigenvalue weighted by molar-refractivity contribution is 0.413. The predicted molar refractivity (Wildman–Crippen MR) is 132 cm³/mol. The second kappa shape index (κ2) is 9.99. The van der Waals surface area contributed by atoms with Gasteiger partial charge in [-0.15, -0.1) is 0 Å². The minimum atomic E-state index is 0.497. The molecule has 5 heteroatoms. The summed E-state index contributed by atoms with van der Waals surface area (Å²) in [5.41, 5.74) is 2.41. The number of hydrogen-bond donors (Lipinski definition) is 0. The Kier molecular flexibility index (Phi) is 7.11. The first kappa shape index (κ1) is 22.1. The Morgan fingerprint density at radius 3 is 2.65 bits per heavy atom. The van der Waals surface area contributed by atoms with Crippen LogP contribution in [0, 0.1) is 0 Å². The minimum Gasteiger partial charge on any atom is -0.497 e. The fraction of sp³-hybridized carbons (Fsp3) is 0.462. The fourth-order valence-electron chi connectivity index (χ4n) is 4.27. The molecule has 164 valence electrons. The molecule has 1 heterocycles. The van der Waals surface area contributed by atoms with E-state index in [2.05, 4.69) is 71.1 Å². The third-order valence-electron chi connectivity index (χ3n) is 6.20. The van der Waals surface area contributed by atoms with Crippen LogP contribution >= 0.6 is 15.9 Å². The van der Waals surface area contributed by atoms with Gasteiger partial charge in [0.2, 0.25) is 0 Å². The lowest BCUT2D eigenvalue weighted by Crippen LogP contribution is -2.28. The van der Waals surface area contributed by atoms with Crippen molar-refractivity contribution in [2.24, 2.45) is 0 Å². The molecule has 0 bridgehead atoms. The van der Waals surface area contributed by atoms with E-state index in [-0.39, 0.29) is 0 Å². The molecule has 0 N–H and O–H groups in total. The first-order valence-electron chi connectivity index (χ1n) is 11.5. The molecule has 2 aromatic carbocycles. The zero-order valence-corrected chi connectivity index (χ0v) is 20.4. The summed E-state index contributed by atoms with van der Waals surface area (Å²) in [6, 6.07) is 14.9. The number of halogens is 1. The number of ether oxygens (including phenoxy) is 1. The quantitative estimate of drug-likeness (QED) is 0.310. The summed E-state index contributed by atoms with van der Waals surface area (Å²) in [7, 11) is 1.73. The Balaban J connectivity index is 1.63. The van der Waals surface area contributed by atoms with Gasteiger partial charge in [-0.05, 0) is 73.9 Å². The van der Waals surface area contributed by atoms with Gasteiger partial charge in [-0.1, -0.05) is 41.9 Å². The van der Waals surface area contributed by atoms with Crippen LogP contribution < -0.4 is 9.64 Å². The van der Waals surface area contributed by atoms with E-state index in [1.54, 1.807) is 7.11 Å². The van der Waals surface area contributed by atoms with Crippen molar-refractivity contribution in [1.29, 1.82) is 0 Å². The Morgan fingerprint density at radius 2 is 1.94 bits per heavy atom. The summed E-state index contributed by atoms with van der Waals surface area (Å²) >= 11 is 3.65. The third-order valence-corrected chi connectivity index (χ3v) is 6.69. The second-order valence-electron chi connectivity index (χ2n) is 8.50. The highest BCUT2D eigenvalue weighted by atomic mass is 79.9. The van der Waals surface area contributed by atoms with E-state index in [1.165, 1.54) is 18.4 Å². The maximum atomic E-state index is 5.45. The molecule has 1 atom stereocenters. The fourth-order valence-corrected chi connectivity index (χ4v) is 4.64. The SMILES string of the molecule is CCCN(CCC(CC)c1cccc(OC)c1)c1nc(C2CC2)nc2ccc(Br)cc12. The predicted octanol–water partition coefficient (Wildman–Crippen LogP) is 7.08. The van der Waals surface area contributed by atoms with Gasteiger partial charge >= 0.3 is 0 Å². The molecule has 0 aliphatic heterocycles. The van der Waals surface area contributed by atoms with Crippen molar-refractivity contribution in [3.63, 3.8) is 0 Å². The van der Waals surface area contributed by atoms with Crippen molar-refractivity contribution in [2.75, 3.05) is 25.1 Å². The van der Waals surface area contributed by atoms with Gasteiger partial charge in [0.15, 0.2) is 0 Å². The van der Waals surface area contributed by atoms with Crippen molar-refractivity contribution < 1.29 is 4.74 Å². The molecule has 4 nitrogen and oxygen atoms in total. The summed E-state index contributed by atoms with van der Waals surface area (Å²) in [5.74, 6) is 4.08. The molecule has 31 heavy (non-hydrogen) atoms. The van der Waals surface area contributed by atoms with Gasteiger partial charge < -0.3 is 9.64 Å². The number of anilines is 1. The zero-order valence-electron chi connectivity index (χ0n) is 18.8. The number of hydrogen-bond acceptors (Lipinski definition) is 4. The highest BCUT2D eigenvalue weighted by molar-refractivity contribution is 9.10. The summed E-state index contributed by atoms with van der Waals surface area (Å²) < 4.78 is 6.52. The third kappa shape index (κ3) is 5.20. The van der Waals surface area contributed by atoms with Gasteiger partial charge in [-0.25, -0.2) is 9.97 Å². The molecule has 1 fully saturated rings. The van der Waals surface area contributed by atoms with Crippen LogP contribution in [0.15, 0.2) is 46.9 Å². The van der Waals surface area contributed by atoms with E-state index < -0.39 is 0 Å². The number of nitrogens with zero attached hydrogens (tertiary/aromatic N) is 3. The average molecular weight is 482 g/mol. The van der Waals surface area contributed by atoms with Crippen LogP contribution in [0.2, 0.25) is 0 Å². The van der Waals surface area contributed by atoms with Crippen LogP contribution in [0.25, 0.3) is 10.9 Å². The molecule has 1 aromatic heterocycles. The molecule has 0 radical (unpaired) electrons. The van der Waals surface area contributed by atoms with Crippen LogP contribution in [-0.4, -0.2) is 30.2 Å². The van der Waals surface area contributed by atoms with Crippen molar-refractivity contribution in [3.05, 3.63) is 58.3 Å². The molecule has 0 spiro atoms. The maximum Gasteiger partial charge on any atom is 0.140 e. The van der Waals surface area contributed by atoms with E-state index in [0.29, 0.717) is 11.8 Å². The van der Waals surface area contributed by atoms with E-state index >= 15 is 0 Å². The number of benzene rings is 2. The van der Waals surface area contributed by atoms with E-state index in [4.69, 9.17) is 14.7 Å². The van der Waals surface area contributed by atoms with Gasteiger partial charge in [-0.2, -0.15) is 0 Å². The van der Waals surface area contributed by atoms with Crippen molar-refractivity contribution in [1.82, 2.24) is 9.97 Å². The zero-order chi connectivity index (χ0) is 21.8. The smallest absolute Gasteiger partial charge is 0.140 e. The second-order valence-corrected chi connectivity index (χ2v) is 9.41. The summed E-state index contributed by atoms with van der Waals surface area (Å²) in [5, 5.41) is 1.14. The Morgan fingerprint density at radius 1 is 1.10 bits per heavy atom. The summed E-state index contributed by atoms with van der Waals surface area (Å²) in [4.78, 5) is 12.5. The normalized spacial score (nSPS) is 14.6. The summed E-state index contributed by atoms with van der Waals surface area (Å²) in [6.45, 7) is 6.49. The van der Waals surface area contributed by atoms with Crippen LogP contribution in [0.3, 0.4) is 0 Å². The molecule has 4 rings (SSSR count). The molecule has 3 aromatic rings.